The number of anilines is 1. The lowest BCUT2D eigenvalue weighted by Crippen LogP contribution is -2.12. The van der Waals surface area contributed by atoms with Gasteiger partial charge in [0.25, 0.3) is 0 Å². The summed E-state index contributed by atoms with van der Waals surface area (Å²) in [7, 11) is 1.33. The van der Waals surface area contributed by atoms with Crippen LogP contribution in [0.15, 0.2) is 0 Å². The zero-order chi connectivity index (χ0) is 11.0. The van der Waals surface area contributed by atoms with E-state index in [1.807, 2.05) is 0 Å². The number of carbonyl (C=O) groups excluding carboxylic acids is 1. The van der Waals surface area contributed by atoms with Gasteiger partial charge in [0.05, 0.1) is 7.11 Å². The van der Waals surface area contributed by atoms with Crippen molar-refractivity contribution in [3.8, 4) is 0 Å². The van der Waals surface area contributed by atoms with Gasteiger partial charge in [-0.25, -0.2) is 14.8 Å². The maximum Gasteiger partial charge on any atom is 0.357 e. The summed E-state index contributed by atoms with van der Waals surface area (Å²) in [6.07, 6.45) is 2.15. The number of esters is 1. The molecule has 1 aromatic heterocycles. The molecule has 2 rings (SSSR count). The molecule has 1 saturated carbocycles. The topological polar surface area (TPSA) is 78.1 Å². The molecule has 0 aromatic carbocycles. The van der Waals surface area contributed by atoms with Crippen molar-refractivity contribution in [3.05, 3.63) is 17.1 Å². The third-order valence-corrected chi connectivity index (χ3v) is 2.52. The molecule has 1 heterocycles. The lowest BCUT2D eigenvalue weighted by molar-refractivity contribution is 0.0592. The van der Waals surface area contributed by atoms with Crippen molar-refractivity contribution in [2.24, 2.45) is 0 Å². The predicted octanol–water partition coefficient (Wildman–Crippen LogP) is 1.03. The highest BCUT2D eigenvalue weighted by molar-refractivity contribution is 5.89. The monoisotopic (exact) mass is 207 g/mol. The van der Waals surface area contributed by atoms with Crippen LogP contribution in [0.4, 0.5) is 5.82 Å². The summed E-state index contributed by atoms with van der Waals surface area (Å²) in [4.78, 5) is 19.8. The van der Waals surface area contributed by atoms with Gasteiger partial charge in [-0.3, -0.25) is 0 Å². The standard InChI is InChI=1S/C10H13N3O2/c1-5-7(10(14)15-2)12-9(6-3-4-6)13-8(5)11/h6H,3-4H2,1-2H3,(H2,11,12,13). The highest BCUT2D eigenvalue weighted by atomic mass is 16.5. The average molecular weight is 207 g/mol. The Morgan fingerprint density at radius 3 is 2.67 bits per heavy atom. The Hall–Kier alpha value is -1.65. The van der Waals surface area contributed by atoms with Gasteiger partial charge in [0, 0.05) is 11.5 Å². The summed E-state index contributed by atoms with van der Waals surface area (Å²) in [5.41, 5.74) is 6.59. The highest BCUT2D eigenvalue weighted by Gasteiger charge is 2.29. The molecule has 5 heteroatoms. The van der Waals surface area contributed by atoms with Crippen molar-refractivity contribution in [1.29, 1.82) is 0 Å². The maximum absolute atomic E-state index is 11.4. The molecular formula is C10H13N3O2. The Balaban J connectivity index is 2.46. The van der Waals surface area contributed by atoms with E-state index in [0.717, 1.165) is 12.8 Å². The first-order valence-corrected chi connectivity index (χ1v) is 4.85. The van der Waals surface area contributed by atoms with Crippen molar-refractivity contribution in [3.63, 3.8) is 0 Å². The number of nitrogens with zero attached hydrogens (tertiary/aromatic N) is 2. The Morgan fingerprint density at radius 1 is 1.47 bits per heavy atom. The Bertz CT molecular complexity index is 413. The number of nitrogen functional groups attached to an aromatic ring is 1. The van der Waals surface area contributed by atoms with Crippen LogP contribution in [0.25, 0.3) is 0 Å². The minimum atomic E-state index is -0.455. The van der Waals surface area contributed by atoms with Crippen molar-refractivity contribution < 1.29 is 9.53 Å². The number of nitrogens with two attached hydrogens (primary N) is 1. The summed E-state index contributed by atoms with van der Waals surface area (Å²) < 4.78 is 4.64. The minimum absolute atomic E-state index is 0.284. The zero-order valence-corrected chi connectivity index (χ0v) is 8.78. The van der Waals surface area contributed by atoms with E-state index in [0.29, 0.717) is 23.1 Å². The van der Waals surface area contributed by atoms with Crippen LogP contribution in [0.3, 0.4) is 0 Å². The summed E-state index contributed by atoms with van der Waals surface area (Å²) in [6.45, 7) is 1.72. The first-order chi connectivity index (χ1) is 7.13. The molecule has 1 aliphatic carbocycles. The van der Waals surface area contributed by atoms with Gasteiger partial charge in [-0.15, -0.1) is 0 Å². The van der Waals surface area contributed by atoms with E-state index in [2.05, 4.69) is 14.7 Å². The normalized spacial score (nSPS) is 15.1. The van der Waals surface area contributed by atoms with Crippen LogP contribution in [0.2, 0.25) is 0 Å². The molecule has 0 spiro atoms. The molecule has 80 valence electrons. The van der Waals surface area contributed by atoms with Gasteiger partial charge >= 0.3 is 5.97 Å². The molecule has 1 aliphatic rings. The van der Waals surface area contributed by atoms with Gasteiger partial charge in [-0.1, -0.05) is 0 Å². The maximum atomic E-state index is 11.4. The van der Waals surface area contributed by atoms with Crippen molar-refractivity contribution >= 4 is 11.8 Å². The average Bonchev–Trinajstić information content (AvgIpc) is 3.04. The molecule has 5 nitrogen and oxygen atoms in total. The van der Waals surface area contributed by atoms with Crippen molar-refractivity contribution in [1.82, 2.24) is 9.97 Å². The Labute approximate surface area is 87.7 Å². The number of methoxy groups -OCH3 is 1. The molecule has 1 aromatic rings. The molecular weight excluding hydrogens is 194 g/mol. The third kappa shape index (κ3) is 1.77. The third-order valence-electron chi connectivity index (χ3n) is 2.52. The first-order valence-electron chi connectivity index (χ1n) is 4.85. The van der Waals surface area contributed by atoms with Crippen molar-refractivity contribution in [2.45, 2.75) is 25.7 Å². The summed E-state index contributed by atoms with van der Waals surface area (Å²) in [5.74, 6) is 0.950. The van der Waals surface area contributed by atoms with Gasteiger partial charge in [0.1, 0.15) is 11.6 Å². The number of rotatable bonds is 2. The summed E-state index contributed by atoms with van der Waals surface area (Å²) in [5, 5.41) is 0. The molecule has 0 aliphatic heterocycles. The van der Waals surface area contributed by atoms with E-state index >= 15 is 0 Å². The fourth-order valence-electron chi connectivity index (χ4n) is 1.37. The van der Waals surface area contributed by atoms with E-state index in [1.165, 1.54) is 7.11 Å². The zero-order valence-electron chi connectivity index (χ0n) is 8.78. The van der Waals surface area contributed by atoms with Crippen LogP contribution in [0.5, 0.6) is 0 Å². The van der Waals surface area contributed by atoms with E-state index in [9.17, 15) is 4.79 Å². The smallest absolute Gasteiger partial charge is 0.357 e. The number of ether oxygens (including phenoxy) is 1. The van der Waals surface area contributed by atoms with E-state index in [4.69, 9.17) is 5.73 Å². The molecule has 1 fully saturated rings. The van der Waals surface area contributed by atoms with Gasteiger partial charge in [0.15, 0.2) is 5.69 Å². The fourth-order valence-corrected chi connectivity index (χ4v) is 1.37. The van der Waals surface area contributed by atoms with Gasteiger partial charge in [-0.2, -0.15) is 0 Å². The lowest BCUT2D eigenvalue weighted by Gasteiger charge is -2.07. The van der Waals surface area contributed by atoms with Crippen molar-refractivity contribution in [2.75, 3.05) is 12.8 Å². The summed E-state index contributed by atoms with van der Waals surface area (Å²) >= 11 is 0. The number of hydrogen-bond acceptors (Lipinski definition) is 5. The first kappa shape index (κ1) is 9.89. The minimum Gasteiger partial charge on any atom is -0.464 e. The van der Waals surface area contributed by atoms with Crippen LogP contribution in [0, 0.1) is 6.92 Å². The van der Waals surface area contributed by atoms with E-state index in [1.54, 1.807) is 6.92 Å². The Morgan fingerprint density at radius 2 is 2.13 bits per heavy atom. The van der Waals surface area contributed by atoms with Gasteiger partial charge in [0.2, 0.25) is 0 Å². The second-order valence-corrected chi connectivity index (χ2v) is 3.71. The SMILES string of the molecule is COC(=O)c1nc(C2CC2)nc(N)c1C. The molecule has 0 unspecified atom stereocenters. The van der Waals surface area contributed by atoms with E-state index < -0.39 is 5.97 Å². The second kappa shape index (κ2) is 3.49. The van der Waals surface area contributed by atoms with Crippen LogP contribution < -0.4 is 5.73 Å². The van der Waals surface area contributed by atoms with Gasteiger partial charge < -0.3 is 10.5 Å². The molecule has 0 amide bonds. The molecule has 0 saturated heterocycles. The second-order valence-electron chi connectivity index (χ2n) is 3.71. The highest BCUT2D eigenvalue weighted by Crippen LogP contribution is 2.38. The lowest BCUT2D eigenvalue weighted by atomic mass is 10.2. The number of aromatic nitrogens is 2. The number of carbonyl (C=O) groups is 1. The van der Waals surface area contributed by atoms with Gasteiger partial charge in [-0.05, 0) is 19.8 Å². The van der Waals surface area contributed by atoms with E-state index in [-0.39, 0.29) is 5.69 Å². The van der Waals surface area contributed by atoms with Crippen LogP contribution in [-0.2, 0) is 4.74 Å². The molecule has 0 bridgehead atoms. The molecule has 2 N–H and O–H groups in total. The van der Waals surface area contributed by atoms with Crippen LogP contribution in [-0.4, -0.2) is 23.0 Å². The molecule has 15 heavy (non-hydrogen) atoms. The Kier molecular flexibility index (Phi) is 2.30. The largest absolute Gasteiger partial charge is 0.464 e. The molecule has 0 radical (unpaired) electrons. The predicted molar refractivity (Wildman–Crippen MR) is 54.5 cm³/mol. The summed E-state index contributed by atoms with van der Waals surface area (Å²) in [6, 6.07) is 0. The van der Waals surface area contributed by atoms with Crippen LogP contribution in [0.1, 0.15) is 40.6 Å². The molecule has 0 atom stereocenters. The van der Waals surface area contributed by atoms with Crippen LogP contribution >= 0.6 is 0 Å². The quantitative estimate of drug-likeness (QED) is 0.733. The number of hydrogen-bond donors (Lipinski definition) is 1. The fraction of sp³-hybridized carbons (Fsp3) is 0.500.